The van der Waals surface area contributed by atoms with E-state index in [-0.39, 0.29) is 22.8 Å². The van der Waals surface area contributed by atoms with E-state index in [0.717, 1.165) is 23.3 Å². The standard InChI is InChI=1S/C13H13.C10H8OS.Fe/c1-2-6-12(7-3-1)10-11-13-8-4-5-9-13;11-10(8-4-1-2-5-8)9-6-3-7-12-9;/h1-9H,10-11H2;1-7,11H;/q-1;;+2/p-1. The Bertz CT molecular complexity index is 827. The van der Waals surface area contributed by atoms with Crippen molar-refractivity contribution in [2.75, 3.05) is 0 Å². The molecule has 3 aromatic rings. The first-order chi connectivity index (χ1) is 12.3. The van der Waals surface area contributed by atoms with Gasteiger partial charge in [0.2, 0.25) is 0 Å². The number of aryl methyl sites for hydroxylation is 2. The summed E-state index contributed by atoms with van der Waals surface area (Å²) in [6.45, 7) is 0. The van der Waals surface area contributed by atoms with Crippen LogP contribution in [0.5, 0.6) is 0 Å². The molecule has 3 heteroatoms. The molecular formula is C23H20FeOS. The first kappa shape index (κ1) is 20.1. The molecule has 0 fully saturated rings. The molecule has 0 bridgehead atoms. The Kier molecular flexibility index (Phi) is 8.30. The minimum atomic E-state index is 0. The predicted octanol–water partition coefficient (Wildman–Crippen LogP) is 5.13. The van der Waals surface area contributed by atoms with Crippen LogP contribution < -0.4 is 5.11 Å². The third-order valence-corrected chi connectivity index (χ3v) is 4.82. The monoisotopic (exact) mass is 400 g/mol. The molecule has 0 atom stereocenters. The summed E-state index contributed by atoms with van der Waals surface area (Å²) >= 11 is 1.48. The maximum absolute atomic E-state index is 11.6. The molecule has 0 saturated carbocycles. The van der Waals surface area contributed by atoms with E-state index < -0.39 is 0 Å². The Morgan fingerprint density at radius 2 is 1.65 bits per heavy atom. The van der Waals surface area contributed by atoms with Crippen LogP contribution in [0, 0.1) is 0 Å². The fraction of sp³-hybridized carbons (Fsp3) is 0.0870. The molecular weight excluding hydrogens is 380 g/mol. The van der Waals surface area contributed by atoms with Crippen molar-refractivity contribution in [2.45, 2.75) is 12.8 Å². The van der Waals surface area contributed by atoms with Gasteiger partial charge in [-0.25, -0.2) is 12.1 Å². The molecule has 1 heterocycles. The normalized spacial score (nSPS) is 11.6. The Hall–Kier alpha value is -2.19. The summed E-state index contributed by atoms with van der Waals surface area (Å²) in [7, 11) is 0. The van der Waals surface area contributed by atoms with Gasteiger partial charge in [-0.05, 0) is 35.4 Å². The van der Waals surface area contributed by atoms with Gasteiger partial charge in [0.25, 0.3) is 0 Å². The molecule has 2 aromatic carbocycles. The Morgan fingerprint density at radius 1 is 0.885 bits per heavy atom. The van der Waals surface area contributed by atoms with Crippen LogP contribution in [0.25, 0.3) is 5.76 Å². The van der Waals surface area contributed by atoms with Crippen molar-refractivity contribution in [2.24, 2.45) is 0 Å². The number of benzene rings is 1. The van der Waals surface area contributed by atoms with E-state index in [1.807, 2.05) is 41.8 Å². The van der Waals surface area contributed by atoms with Crippen LogP contribution in [0.3, 0.4) is 0 Å². The molecule has 0 spiro atoms. The Morgan fingerprint density at radius 3 is 2.27 bits per heavy atom. The van der Waals surface area contributed by atoms with Crippen molar-refractivity contribution in [3.8, 4) is 0 Å². The van der Waals surface area contributed by atoms with Gasteiger partial charge in [0.15, 0.2) is 0 Å². The van der Waals surface area contributed by atoms with Crippen molar-refractivity contribution in [3.05, 3.63) is 118 Å². The van der Waals surface area contributed by atoms with Gasteiger partial charge in [-0.2, -0.15) is 17.7 Å². The summed E-state index contributed by atoms with van der Waals surface area (Å²) < 4.78 is 0. The second-order valence-electron chi connectivity index (χ2n) is 5.76. The topological polar surface area (TPSA) is 23.1 Å². The minimum absolute atomic E-state index is 0. The molecule has 1 aliphatic carbocycles. The maximum Gasteiger partial charge on any atom is 2.00 e. The van der Waals surface area contributed by atoms with Crippen LogP contribution in [-0.4, -0.2) is 0 Å². The molecule has 1 aliphatic rings. The van der Waals surface area contributed by atoms with Gasteiger partial charge in [0.1, 0.15) is 0 Å². The number of hydrogen-bond acceptors (Lipinski definition) is 2. The van der Waals surface area contributed by atoms with Gasteiger partial charge in [0.05, 0.1) is 0 Å². The van der Waals surface area contributed by atoms with Crippen LogP contribution in [0.15, 0.2) is 102 Å². The van der Waals surface area contributed by atoms with Crippen molar-refractivity contribution in [1.82, 2.24) is 0 Å². The van der Waals surface area contributed by atoms with Gasteiger partial charge < -0.3 is 5.11 Å². The van der Waals surface area contributed by atoms with E-state index in [4.69, 9.17) is 0 Å². The van der Waals surface area contributed by atoms with E-state index in [1.165, 1.54) is 22.5 Å². The predicted molar refractivity (Wildman–Crippen MR) is 105 cm³/mol. The van der Waals surface area contributed by atoms with E-state index in [0.29, 0.717) is 0 Å². The van der Waals surface area contributed by atoms with Gasteiger partial charge in [-0.1, -0.05) is 66.5 Å². The van der Waals surface area contributed by atoms with Crippen LogP contribution in [-0.2, 0) is 29.9 Å². The first-order valence-corrected chi connectivity index (χ1v) is 9.25. The summed E-state index contributed by atoms with van der Waals surface area (Å²) in [6.07, 6.45) is 9.72. The minimum Gasteiger partial charge on any atom is -0.871 e. The molecule has 1 aromatic heterocycles. The van der Waals surface area contributed by atoms with Gasteiger partial charge >= 0.3 is 17.1 Å². The molecule has 1 nitrogen and oxygen atoms in total. The van der Waals surface area contributed by atoms with Crippen molar-refractivity contribution in [1.29, 1.82) is 0 Å². The summed E-state index contributed by atoms with van der Waals surface area (Å²) in [5, 5.41) is 13.5. The number of rotatable bonds is 4. The van der Waals surface area contributed by atoms with Crippen molar-refractivity contribution < 1.29 is 22.2 Å². The second-order valence-corrected chi connectivity index (χ2v) is 6.71. The van der Waals surface area contributed by atoms with E-state index >= 15 is 0 Å². The van der Waals surface area contributed by atoms with E-state index in [1.54, 1.807) is 0 Å². The zero-order valence-corrected chi connectivity index (χ0v) is 16.2. The largest absolute Gasteiger partial charge is 2.00 e. The maximum atomic E-state index is 11.6. The van der Waals surface area contributed by atoms with Gasteiger partial charge in [-0.3, -0.25) is 0 Å². The summed E-state index contributed by atoms with van der Waals surface area (Å²) in [5.41, 5.74) is 3.63. The molecule has 0 unspecified atom stereocenters. The Balaban J connectivity index is 0.000000180. The van der Waals surface area contributed by atoms with Crippen molar-refractivity contribution >= 4 is 17.1 Å². The molecule has 0 N–H and O–H groups in total. The third-order valence-electron chi connectivity index (χ3n) is 3.95. The molecule has 4 rings (SSSR count). The summed E-state index contributed by atoms with van der Waals surface area (Å²) in [6, 6.07) is 22.9. The molecule has 132 valence electrons. The van der Waals surface area contributed by atoms with Crippen LogP contribution in [0.1, 0.15) is 16.0 Å². The molecule has 0 radical (unpaired) electrons. The van der Waals surface area contributed by atoms with Crippen LogP contribution in [0.4, 0.5) is 0 Å². The number of allylic oxidation sites excluding steroid dienone is 5. The summed E-state index contributed by atoms with van der Waals surface area (Å²) in [4.78, 5) is 0.807. The molecule has 0 aliphatic heterocycles. The zero-order valence-electron chi connectivity index (χ0n) is 14.3. The molecule has 0 amide bonds. The fourth-order valence-corrected chi connectivity index (χ4v) is 3.28. The van der Waals surface area contributed by atoms with Crippen molar-refractivity contribution in [3.63, 3.8) is 0 Å². The number of hydrogen-bond donors (Lipinski definition) is 0. The van der Waals surface area contributed by atoms with E-state index in [9.17, 15) is 5.11 Å². The quantitative estimate of drug-likeness (QED) is 0.338. The zero-order chi connectivity index (χ0) is 17.3. The molecule has 0 saturated heterocycles. The number of thiophene rings is 1. The van der Waals surface area contributed by atoms with Gasteiger partial charge in [0, 0.05) is 4.88 Å². The average molecular weight is 400 g/mol. The fourth-order valence-electron chi connectivity index (χ4n) is 2.59. The van der Waals surface area contributed by atoms with Crippen LogP contribution >= 0.6 is 11.3 Å². The third kappa shape index (κ3) is 5.96. The van der Waals surface area contributed by atoms with Gasteiger partial charge in [-0.15, -0.1) is 11.3 Å². The first-order valence-electron chi connectivity index (χ1n) is 8.37. The molecule has 26 heavy (non-hydrogen) atoms. The summed E-state index contributed by atoms with van der Waals surface area (Å²) in [5.74, 6) is 0.120. The average Bonchev–Trinajstić information content (AvgIpc) is 3.44. The smallest absolute Gasteiger partial charge is 0.871 e. The SMILES string of the molecule is [Fe+2].[O-]C(=C1C=CC=C1)c1cccs1.c1ccc(CCc2ccc[cH-]2)cc1. The second kappa shape index (κ2) is 10.7. The van der Waals surface area contributed by atoms with E-state index in [2.05, 4.69) is 54.6 Å². The Labute approximate surface area is 169 Å². The van der Waals surface area contributed by atoms with Crippen LogP contribution in [0.2, 0.25) is 0 Å².